The number of carbonyl (C=O) groups is 1. The number of hydrogen-bond donors (Lipinski definition) is 0. The largest absolute Gasteiger partial charge is 0.491 e. The molecular formula is C17H23BClNO3S. The predicted molar refractivity (Wildman–Crippen MR) is 101 cm³/mol. The molecule has 0 radical (unpaired) electrons. The molecule has 0 spiro atoms. The second-order valence-corrected chi connectivity index (χ2v) is 8.44. The molecule has 1 aromatic heterocycles. The third-order valence-corrected chi connectivity index (χ3v) is 5.53. The Hall–Kier alpha value is -0.815. The lowest BCUT2D eigenvalue weighted by Crippen LogP contribution is -2.41. The van der Waals surface area contributed by atoms with E-state index in [2.05, 4.69) is 4.98 Å². The summed E-state index contributed by atoms with van der Waals surface area (Å²) in [6, 6.07) is 3.66. The van der Waals surface area contributed by atoms with Gasteiger partial charge in [0.25, 0.3) is 0 Å². The first-order valence-electron chi connectivity index (χ1n) is 7.84. The van der Waals surface area contributed by atoms with Crippen LogP contribution in [0.2, 0.25) is 5.15 Å². The Morgan fingerprint density at radius 2 is 1.88 bits per heavy atom. The molecule has 0 atom stereocenters. The minimum absolute atomic E-state index is 0.0587. The summed E-state index contributed by atoms with van der Waals surface area (Å²) in [5, 5.41) is 0.517. The Bertz CT molecular complexity index is 660. The van der Waals surface area contributed by atoms with Crippen LogP contribution in [0.1, 0.15) is 45.9 Å². The van der Waals surface area contributed by atoms with E-state index in [-0.39, 0.29) is 5.12 Å². The number of hydrogen-bond acceptors (Lipinski definition) is 5. The number of rotatable bonds is 4. The fourth-order valence-corrected chi connectivity index (χ4v) is 3.03. The molecule has 1 fully saturated rings. The first-order chi connectivity index (χ1) is 11.0. The van der Waals surface area contributed by atoms with Crippen LogP contribution in [0.25, 0.3) is 6.08 Å². The fraction of sp³-hybridized carbons (Fsp3) is 0.529. The highest BCUT2D eigenvalue weighted by atomic mass is 35.5. The van der Waals surface area contributed by atoms with Crippen molar-refractivity contribution in [3.63, 3.8) is 0 Å². The van der Waals surface area contributed by atoms with Crippen LogP contribution in [0.4, 0.5) is 0 Å². The molecule has 0 unspecified atom stereocenters. The second-order valence-electron chi connectivity index (χ2n) is 6.90. The topological polar surface area (TPSA) is 48.4 Å². The van der Waals surface area contributed by atoms with Crippen LogP contribution in [0, 0.1) is 6.92 Å². The standard InChI is InChI=1S/C17H23BClNO3S/c1-11-13(7-8-15(19)20-11)9-14(10-24-12(2)21)18-22-16(3,4)17(5,6)23-18/h7-9H,10H2,1-6H3. The lowest BCUT2D eigenvalue weighted by Gasteiger charge is -2.32. The summed E-state index contributed by atoms with van der Waals surface area (Å²) in [5.41, 5.74) is 1.81. The summed E-state index contributed by atoms with van der Waals surface area (Å²) in [5.74, 6) is 0.508. The molecule has 2 heterocycles. The average Bonchev–Trinajstić information content (AvgIpc) is 2.65. The Morgan fingerprint density at radius 3 is 2.38 bits per heavy atom. The quantitative estimate of drug-likeness (QED) is 0.585. The van der Waals surface area contributed by atoms with Crippen molar-refractivity contribution in [1.82, 2.24) is 4.98 Å². The van der Waals surface area contributed by atoms with E-state index in [0.29, 0.717) is 10.9 Å². The number of thioether (sulfide) groups is 1. The van der Waals surface area contributed by atoms with Crippen LogP contribution in [-0.2, 0) is 14.1 Å². The minimum atomic E-state index is -0.489. The van der Waals surface area contributed by atoms with Crippen molar-refractivity contribution in [3.8, 4) is 0 Å². The van der Waals surface area contributed by atoms with Gasteiger partial charge in [0.05, 0.1) is 11.2 Å². The molecule has 130 valence electrons. The Morgan fingerprint density at radius 1 is 1.29 bits per heavy atom. The highest BCUT2D eigenvalue weighted by Crippen LogP contribution is 2.39. The van der Waals surface area contributed by atoms with E-state index < -0.39 is 18.3 Å². The highest BCUT2D eigenvalue weighted by molar-refractivity contribution is 8.13. The van der Waals surface area contributed by atoms with Crippen molar-refractivity contribution in [1.29, 1.82) is 0 Å². The fourth-order valence-electron chi connectivity index (χ4n) is 2.25. The van der Waals surface area contributed by atoms with Gasteiger partial charge in [-0.2, -0.15) is 0 Å². The third kappa shape index (κ3) is 4.42. The van der Waals surface area contributed by atoms with E-state index in [0.717, 1.165) is 16.7 Å². The monoisotopic (exact) mass is 367 g/mol. The maximum Gasteiger partial charge on any atom is 0.491 e. The van der Waals surface area contributed by atoms with Crippen molar-refractivity contribution in [2.75, 3.05) is 5.75 Å². The summed E-state index contributed by atoms with van der Waals surface area (Å²) >= 11 is 7.17. The summed E-state index contributed by atoms with van der Waals surface area (Å²) in [4.78, 5) is 15.7. The summed E-state index contributed by atoms with van der Waals surface area (Å²) in [7, 11) is -0.489. The van der Waals surface area contributed by atoms with Crippen molar-refractivity contribution >= 4 is 41.7 Å². The molecule has 0 aliphatic carbocycles. The maximum atomic E-state index is 11.4. The summed E-state index contributed by atoms with van der Waals surface area (Å²) in [6.07, 6.45) is 1.98. The first kappa shape index (κ1) is 19.5. The average molecular weight is 368 g/mol. The van der Waals surface area contributed by atoms with Gasteiger partial charge in [0.15, 0.2) is 5.12 Å². The number of halogens is 1. The SMILES string of the molecule is CC(=O)SCC(=Cc1ccc(Cl)nc1C)B1OC(C)(C)C(C)(C)O1. The van der Waals surface area contributed by atoms with E-state index in [4.69, 9.17) is 20.9 Å². The van der Waals surface area contributed by atoms with Crippen LogP contribution in [-0.4, -0.2) is 34.2 Å². The Labute approximate surface area is 153 Å². The van der Waals surface area contributed by atoms with Crippen molar-refractivity contribution in [2.45, 2.75) is 52.7 Å². The van der Waals surface area contributed by atoms with E-state index in [9.17, 15) is 4.79 Å². The van der Waals surface area contributed by atoms with E-state index >= 15 is 0 Å². The molecule has 24 heavy (non-hydrogen) atoms. The second kappa shape index (κ2) is 7.20. The van der Waals surface area contributed by atoms with Gasteiger partial charge >= 0.3 is 7.12 Å². The number of aryl methyl sites for hydroxylation is 1. The zero-order chi connectivity index (χ0) is 18.1. The molecule has 0 N–H and O–H groups in total. The van der Waals surface area contributed by atoms with E-state index in [1.807, 2.05) is 46.8 Å². The number of pyridine rings is 1. The zero-order valence-corrected chi connectivity index (χ0v) is 16.5. The van der Waals surface area contributed by atoms with Gasteiger partial charge in [0.1, 0.15) is 5.15 Å². The van der Waals surface area contributed by atoms with E-state index in [1.165, 1.54) is 11.8 Å². The highest BCUT2D eigenvalue weighted by Gasteiger charge is 2.52. The van der Waals surface area contributed by atoms with Gasteiger partial charge in [-0.1, -0.05) is 35.5 Å². The van der Waals surface area contributed by atoms with Crippen LogP contribution >= 0.6 is 23.4 Å². The van der Waals surface area contributed by atoms with Gasteiger partial charge in [0, 0.05) is 18.4 Å². The first-order valence-corrected chi connectivity index (χ1v) is 9.21. The number of nitrogens with zero attached hydrogens (tertiary/aromatic N) is 1. The molecule has 1 aliphatic rings. The predicted octanol–water partition coefficient (Wildman–Crippen LogP) is 4.34. The lowest BCUT2D eigenvalue weighted by molar-refractivity contribution is -0.109. The smallest absolute Gasteiger partial charge is 0.400 e. The van der Waals surface area contributed by atoms with Crippen molar-refractivity contribution < 1.29 is 14.1 Å². The number of carbonyl (C=O) groups excluding carboxylic acids is 1. The van der Waals surface area contributed by atoms with Gasteiger partial charge in [-0.25, -0.2) is 4.98 Å². The van der Waals surface area contributed by atoms with Crippen LogP contribution in [0.5, 0.6) is 0 Å². The van der Waals surface area contributed by atoms with Crippen LogP contribution in [0.15, 0.2) is 17.6 Å². The molecule has 2 rings (SSSR count). The Kier molecular flexibility index (Phi) is 5.85. The van der Waals surface area contributed by atoms with Gasteiger partial charge in [-0.15, -0.1) is 0 Å². The van der Waals surface area contributed by atoms with Crippen molar-refractivity contribution in [2.24, 2.45) is 0 Å². The van der Waals surface area contributed by atoms with Gasteiger partial charge in [-0.05, 0) is 51.7 Å². The molecule has 0 amide bonds. The zero-order valence-electron chi connectivity index (χ0n) is 15.0. The molecule has 1 saturated heterocycles. The minimum Gasteiger partial charge on any atom is -0.400 e. The molecule has 1 aliphatic heterocycles. The molecule has 1 aromatic rings. The summed E-state index contributed by atoms with van der Waals surface area (Å²) in [6.45, 7) is 11.5. The molecule has 0 bridgehead atoms. The lowest BCUT2D eigenvalue weighted by atomic mass is 9.78. The Balaban J connectivity index is 2.35. The molecule has 4 nitrogen and oxygen atoms in total. The van der Waals surface area contributed by atoms with Gasteiger partial charge in [0.2, 0.25) is 0 Å². The van der Waals surface area contributed by atoms with Crippen LogP contribution < -0.4 is 0 Å². The molecule has 0 aromatic carbocycles. The molecule has 0 saturated carbocycles. The third-order valence-electron chi connectivity index (χ3n) is 4.43. The van der Waals surface area contributed by atoms with Gasteiger partial charge < -0.3 is 9.31 Å². The summed E-state index contributed by atoms with van der Waals surface area (Å²) < 4.78 is 12.3. The van der Waals surface area contributed by atoms with Crippen LogP contribution in [0.3, 0.4) is 0 Å². The molecule has 7 heteroatoms. The van der Waals surface area contributed by atoms with E-state index in [1.54, 1.807) is 13.0 Å². The number of aromatic nitrogens is 1. The molecular weight excluding hydrogens is 345 g/mol. The normalized spacial score (nSPS) is 19.6. The van der Waals surface area contributed by atoms with Gasteiger partial charge in [-0.3, -0.25) is 4.79 Å². The van der Waals surface area contributed by atoms with Crippen molar-refractivity contribution in [3.05, 3.63) is 34.0 Å². The maximum absolute atomic E-state index is 11.4.